The van der Waals surface area contributed by atoms with Gasteiger partial charge < -0.3 is 0 Å². The molecule has 0 unspecified atom stereocenters. The fourth-order valence-corrected chi connectivity index (χ4v) is 4.43. The average Bonchev–Trinajstić information content (AvgIpc) is 3.10. The van der Waals surface area contributed by atoms with E-state index in [1.54, 1.807) is 0 Å². The second-order valence-corrected chi connectivity index (χ2v) is 10.9. The minimum absolute atomic E-state index is 0.141. The molecule has 0 spiro atoms. The summed E-state index contributed by atoms with van der Waals surface area (Å²) in [7, 11) is 0. The molecule has 0 heterocycles. The van der Waals surface area contributed by atoms with E-state index in [0.29, 0.717) is 0 Å². The Morgan fingerprint density at radius 1 is 0.640 bits per heavy atom. The van der Waals surface area contributed by atoms with Crippen molar-refractivity contribution < 1.29 is 0 Å². The summed E-state index contributed by atoms with van der Waals surface area (Å²) in [6, 6.07) is 17.6. The van der Waals surface area contributed by atoms with E-state index in [1.165, 1.54) is 22.3 Å². The summed E-state index contributed by atoms with van der Waals surface area (Å²) >= 11 is 13.3. The van der Waals surface area contributed by atoms with Crippen molar-refractivity contribution in [3.05, 3.63) is 70.8 Å². The van der Waals surface area contributed by atoms with Crippen LogP contribution in [0.1, 0.15) is 70.2 Å². The Morgan fingerprint density at radius 3 is 1.12 bits per heavy atom. The predicted octanol–water partition coefficient (Wildman–Crippen LogP) is 7.15. The maximum Gasteiger partial charge on any atom is 0.133 e. The fraction of sp³-hybridized carbons (Fsp3) is 0.478. The molecule has 1 fully saturated rings. The van der Waals surface area contributed by atoms with Gasteiger partial charge in [0, 0.05) is 0 Å². The van der Waals surface area contributed by atoms with Crippen LogP contribution in [0.3, 0.4) is 0 Å². The molecular weight excluding hydrogens is 347 g/mol. The Bertz CT molecular complexity index is 696. The van der Waals surface area contributed by atoms with Gasteiger partial charge in [-0.1, -0.05) is 90.1 Å². The SMILES string of the molecule is CC(C)(C)c1ccc(C2(c3ccc(C(C)(C)C)cc3)CC2(Cl)Cl)cc1. The molecule has 2 aromatic rings. The lowest BCUT2D eigenvalue weighted by molar-refractivity contribution is 0.589. The lowest BCUT2D eigenvalue weighted by Gasteiger charge is -2.24. The first-order valence-corrected chi connectivity index (χ1v) is 9.73. The standard InChI is InChI=1S/C23H28Cl2/c1-20(2,3)16-7-11-18(12-8-16)22(15-23(22,24)25)19-13-9-17(10-14-19)21(4,5)6/h7-14H,15H2,1-6H3. The molecule has 0 bridgehead atoms. The molecule has 0 amide bonds. The summed E-state index contributed by atoms with van der Waals surface area (Å²) in [5, 5.41) is 0. The molecule has 1 aliphatic rings. The van der Waals surface area contributed by atoms with Crippen LogP contribution in [-0.2, 0) is 16.2 Å². The zero-order chi connectivity index (χ0) is 18.7. The Kier molecular flexibility index (Phi) is 4.33. The second kappa shape index (κ2) is 5.76. The van der Waals surface area contributed by atoms with Crippen LogP contribution < -0.4 is 0 Å². The summed E-state index contributed by atoms with van der Waals surface area (Å²) in [6.07, 6.45) is 0.757. The summed E-state index contributed by atoms with van der Waals surface area (Å²) < 4.78 is -0.737. The highest BCUT2D eigenvalue weighted by Gasteiger charge is 2.68. The fourth-order valence-electron chi connectivity index (χ4n) is 3.59. The van der Waals surface area contributed by atoms with E-state index in [1.807, 2.05) is 0 Å². The van der Waals surface area contributed by atoms with Crippen molar-refractivity contribution in [2.24, 2.45) is 0 Å². The summed E-state index contributed by atoms with van der Waals surface area (Å²) in [5.74, 6) is 0. The van der Waals surface area contributed by atoms with Crippen LogP contribution in [0, 0.1) is 0 Å². The van der Waals surface area contributed by atoms with Crippen molar-refractivity contribution in [2.45, 2.75) is 68.5 Å². The number of hydrogen-bond donors (Lipinski definition) is 0. The minimum Gasteiger partial charge on any atom is -0.100 e. The third kappa shape index (κ3) is 3.24. The van der Waals surface area contributed by atoms with Gasteiger partial charge in [-0.05, 0) is 39.5 Å². The molecule has 1 saturated carbocycles. The smallest absolute Gasteiger partial charge is 0.100 e. The summed E-state index contributed by atoms with van der Waals surface area (Å²) in [5.41, 5.74) is 5.03. The van der Waals surface area contributed by atoms with Gasteiger partial charge in [0.25, 0.3) is 0 Å². The van der Waals surface area contributed by atoms with E-state index in [-0.39, 0.29) is 16.2 Å². The van der Waals surface area contributed by atoms with Crippen molar-refractivity contribution in [1.29, 1.82) is 0 Å². The van der Waals surface area contributed by atoms with Crippen LogP contribution in [0.5, 0.6) is 0 Å². The first-order chi connectivity index (χ1) is 11.4. The molecule has 1 aliphatic carbocycles. The lowest BCUT2D eigenvalue weighted by atomic mass is 9.81. The van der Waals surface area contributed by atoms with Crippen molar-refractivity contribution in [2.75, 3.05) is 0 Å². The first kappa shape index (κ1) is 18.8. The zero-order valence-electron chi connectivity index (χ0n) is 16.1. The van der Waals surface area contributed by atoms with E-state index in [0.717, 1.165) is 6.42 Å². The van der Waals surface area contributed by atoms with Gasteiger partial charge in [0.1, 0.15) is 4.33 Å². The largest absolute Gasteiger partial charge is 0.133 e. The van der Waals surface area contributed by atoms with Crippen LogP contribution in [0.15, 0.2) is 48.5 Å². The zero-order valence-corrected chi connectivity index (χ0v) is 17.6. The molecule has 0 N–H and O–H groups in total. The maximum atomic E-state index is 6.66. The lowest BCUT2D eigenvalue weighted by Crippen LogP contribution is -2.19. The highest BCUT2D eigenvalue weighted by Crippen LogP contribution is 2.68. The van der Waals surface area contributed by atoms with Crippen LogP contribution in [0.4, 0.5) is 0 Å². The molecule has 2 heteroatoms. The van der Waals surface area contributed by atoms with E-state index < -0.39 is 4.33 Å². The monoisotopic (exact) mass is 374 g/mol. The van der Waals surface area contributed by atoms with Gasteiger partial charge in [-0.3, -0.25) is 0 Å². The number of rotatable bonds is 2. The van der Waals surface area contributed by atoms with Gasteiger partial charge in [-0.2, -0.15) is 0 Å². The predicted molar refractivity (Wildman–Crippen MR) is 110 cm³/mol. The molecule has 0 radical (unpaired) electrons. The van der Waals surface area contributed by atoms with Gasteiger partial charge in [0.2, 0.25) is 0 Å². The maximum absolute atomic E-state index is 6.66. The molecule has 0 saturated heterocycles. The number of alkyl halides is 2. The molecule has 0 nitrogen and oxygen atoms in total. The van der Waals surface area contributed by atoms with Crippen molar-refractivity contribution in [3.8, 4) is 0 Å². The number of hydrogen-bond acceptors (Lipinski definition) is 0. The highest BCUT2D eigenvalue weighted by atomic mass is 35.5. The number of halogens is 2. The second-order valence-electron chi connectivity index (χ2n) is 9.44. The summed E-state index contributed by atoms with van der Waals surface area (Å²) in [4.78, 5) is 0. The van der Waals surface area contributed by atoms with E-state index in [2.05, 4.69) is 90.1 Å². The molecule has 0 atom stereocenters. The van der Waals surface area contributed by atoms with Crippen molar-refractivity contribution in [3.63, 3.8) is 0 Å². The molecule has 134 valence electrons. The Balaban J connectivity index is 2.01. The molecular formula is C23H28Cl2. The van der Waals surface area contributed by atoms with Gasteiger partial charge in [0.05, 0.1) is 5.41 Å². The number of benzene rings is 2. The molecule has 25 heavy (non-hydrogen) atoms. The third-order valence-corrected chi connectivity index (χ3v) is 6.39. The van der Waals surface area contributed by atoms with Crippen LogP contribution in [0.2, 0.25) is 0 Å². The highest BCUT2D eigenvalue weighted by molar-refractivity contribution is 6.52. The van der Waals surface area contributed by atoms with Crippen molar-refractivity contribution >= 4 is 23.2 Å². The van der Waals surface area contributed by atoms with Gasteiger partial charge in [-0.25, -0.2) is 0 Å². The quantitative estimate of drug-likeness (QED) is 0.489. The van der Waals surface area contributed by atoms with Gasteiger partial charge in [-0.15, -0.1) is 23.2 Å². The Hall–Kier alpha value is -0.980. The van der Waals surface area contributed by atoms with Crippen LogP contribution in [-0.4, -0.2) is 4.33 Å². The topological polar surface area (TPSA) is 0 Å². The normalized spacial score (nSPS) is 18.9. The third-order valence-electron chi connectivity index (χ3n) is 5.47. The van der Waals surface area contributed by atoms with Crippen LogP contribution >= 0.6 is 23.2 Å². The van der Waals surface area contributed by atoms with Gasteiger partial charge in [0.15, 0.2) is 0 Å². The van der Waals surface area contributed by atoms with E-state index >= 15 is 0 Å². The summed E-state index contributed by atoms with van der Waals surface area (Å²) in [6.45, 7) is 13.4. The molecule has 3 rings (SSSR count). The molecule has 0 aliphatic heterocycles. The van der Waals surface area contributed by atoms with Crippen molar-refractivity contribution in [1.82, 2.24) is 0 Å². The molecule has 0 aromatic heterocycles. The van der Waals surface area contributed by atoms with Gasteiger partial charge >= 0.3 is 0 Å². The average molecular weight is 375 g/mol. The van der Waals surface area contributed by atoms with E-state index in [9.17, 15) is 0 Å². The minimum atomic E-state index is -0.737. The molecule has 2 aromatic carbocycles. The van der Waals surface area contributed by atoms with Crippen LogP contribution in [0.25, 0.3) is 0 Å². The first-order valence-electron chi connectivity index (χ1n) is 8.98. The van der Waals surface area contributed by atoms with E-state index in [4.69, 9.17) is 23.2 Å². The Morgan fingerprint density at radius 2 is 0.920 bits per heavy atom. The Labute approximate surface area is 162 Å².